The quantitative estimate of drug-likeness (QED) is 0.0312. The molecule has 7 aliphatic rings. The highest BCUT2D eigenvalue weighted by molar-refractivity contribution is 6.01. The van der Waals surface area contributed by atoms with Crippen molar-refractivity contribution in [2.45, 2.75) is 222 Å². The largest absolute Gasteiger partial charge is 0.355 e. The third-order valence-electron chi connectivity index (χ3n) is 30.7. The Balaban J connectivity index is 0.000000111. The van der Waals surface area contributed by atoms with Gasteiger partial charge in [-0.05, 0) is 374 Å². The second kappa shape index (κ2) is 38.5. The summed E-state index contributed by atoms with van der Waals surface area (Å²) in [5.41, 5.74) is 18.3. The van der Waals surface area contributed by atoms with Gasteiger partial charge >= 0.3 is 0 Å². The number of nitrogens with zero attached hydrogens (tertiary/aromatic N) is 9. The monoisotopic (exact) mass is 1800 g/mol. The number of imidazole rings is 4. The van der Waals surface area contributed by atoms with Crippen LogP contribution in [0, 0.1) is 46.9 Å². The van der Waals surface area contributed by atoms with Crippen molar-refractivity contribution in [3.05, 3.63) is 286 Å². The molecule has 0 radical (unpaired) electrons. The Hall–Kier alpha value is -13.1. The van der Waals surface area contributed by atoms with Gasteiger partial charge in [-0.2, -0.15) is 0 Å². The third kappa shape index (κ3) is 19.3. The molecule has 1 saturated heterocycles. The highest BCUT2D eigenvalue weighted by Crippen LogP contribution is 2.49. The summed E-state index contributed by atoms with van der Waals surface area (Å²) in [6.45, 7) is 10.7. The van der Waals surface area contributed by atoms with Gasteiger partial charge in [-0.1, -0.05) is 27.7 Å². The van der Waals surface area contributed by atoms with Crippen molar-refractivity contribution in [1.29, 1.82) is 0 Å². The summed E-state index contributed by atoms with van der Waals surface area (Å²) in [6.07, 6.45) is 30.4. The van der Waals surface area contributed by atoms with Crippen LogP contribution in [0.25, 0.3) is 87.7 Å². The lowest BCUT2D eigenvalue weighted by molar-refractivity contribution is 0.0882. The van der Waals surface area contributed by atoms with Crippen LogP contribution in [-0.2, 0) is 0 Å². The predicted molar refractivity (Wildman–Crippen MR) is 519 cm³/mol. The standard InChI is InChI=1S/C29H31FN4O.C28H29FN4O.C27H27FN4O.C26H27FN4O/c1-17(28-33-26-11-9-20(15-27(26)34-28)29(35)32-22-3-2-4-22)18-5-7-19(8-6-18)23-13-14-31-25-12-10-21(30)16-24(23)25;1-16(27-32-25-10-6-19(14-26(25)33-27)28(34)31-21-8-9-21)17-2-4-18(5-3-17)22-12-13-30-24-11-7-20(29)15-23(22)24;1-16(26-30-24-8-6-19(14-25(24)31-26)27(33)32-12-13-32)17-2-4-18(5-3-17)21-10-11-29-23-9-7-20(28)15-22(21)23;1-15(25-30-23-9-7-18(26(32)28-2)13-24(23)31-25)16-3-5-17(6-4-16)20-11-12-29-22-10-8-19(27)14-21(20)22/h9-19,22H,2-8H2,1H3,(H,32,35)(H,33,34);6-7,10-18,21H,2-5,8-9H2,1H3,(H,31,34)(H,32,33);6-11,14-18H,2-5,12-13H2,1H3,(H,30,31);7-17H,3-6H2,1-2H3,(H,28,32)(H,30,31)/t17-,18?,19?;2*16-,17?,18?;15-,16?,17?/m1111/s1. The number of hydrogen-bond acceptors (Lipinski definition) is 12. The van der Waals surface area contributed by atoms with E-state index < -0.39 is 0 Å². The average Bonchev–Trinajstić information content (AvgIpc) is 1.49. The maximum atomic E-state index is 13.9. The van der Waals surface area contributed by atoms with Crippen molar-refractivity contribution in [1.82, 2.24) is 80.7 Å². The first-order valence-electron chi connectivity index (χ1n) is 48.5. The van der Waals surface area contributed by atoms with Crippen LogP contribution in [0.2, 0.25) is 0 Å². The fourth-order valence-electron chi connectivity index (χ4n) is 22.0. The minimum absolute atomic E-state index is 0.00244. The number of fused-ring (bicyclic) bond motifs is 8. The van der Waals surface area contributed by atoms with Gasteiger partial charge in [0.05, 0.1) is 66.2 Å². The van der Waals surface area contributed by atoms with E-state index in [0.717, 1.165) is 258 Å². The Morgan fingerprint density at radius 1 is 0.313 bits per heavy atom. The summed E-state index contributed by atoms with van der Waals surface area (Å²) in [7, 11) is 1.63. The summed E-state index contributed by atoms with van der Waals surface area (Å²) in [5, 5.41) is 12.6. The van der Waals surface area contributed by atoms with E-state index in [1.54, 1.807) is 55.6 Å². The summed E-state index contributed by atoms with van der Waals surface area (Å²) in [6, 6.07) is 51.2. The van der Waals surface area contributed by atoms with Gasteiger partial charge in [0.2, 0.25) is 0 Å². The molecule has 16 aromatic rings. The molecule has 0 bridgehead atoms. The maximum Gasteiger partial charge on any atom is 0.254 e. The number of aromatic amines is 4. The molecule has 9 heterocycles. The molecule has 24 heteroatoms. The number of benzene rings is 8. The van der Waals surface area contributed by atoms with Crippen molar-refractivity contribution in [3.8, 4) is 0 Å². The molecule has 4 amide bonds. The van der Waals surface area contributed by atoms with Gasteiger partial charge in [0.15, 0.2) is 0 Å². The van der Waals surface area contributed by atoms with Crippen LogP contribution < -0.4 is 16.0 Å². The third-order valence-corrected chi connectivity index (χ3v) is 30.7. The number of hydrogen-bond donors (Lipinski definition) is 7. The first-order chi connectivity index (χ1) is 65.2. The Morgan fingerprint density at radius 2 is 0.575 bits per heavy atom. The lowest BCUT2D eigenvalue weighted by atomic mass is 9.73. The van der Waals surface area contributed by atoms with Gasteiger partial charge in [-0.15, -0.1) is 0 Å². The average molecular weight is 1800 g/mol. The van der Waals surface area contributed by atoms with Crippen molar-refractivity contribution < 1.29 is 36.7 Å². The van der Waals surface area contributed by atoms with Crippen LogP contribution in [0.1, 0.15) is 297 Å². The zero-order valence-corrected chi connectivity index (χ0v) is 76.5. The fraction of sp³-hybridized carbons (Fsp3) is 0.382. The summed E-state index contributed by atoms with van der Waals surface area (Å²) >= 11 is 0. The minimum atomic E-state index is -0.210. The normalized spacial score (nSPS) is 21.2. The van der Waals surface area contributed by atoms with Gasteiger partial charge in [0, 0.05) is 124 Å². The first-order valence-corrected chi connectivity index (χ1v) is 48.5. The highest BCUT2D eigenvalue weighted by Gasteiger charge is 2.36. The molecule has 4 atom stereocenters. The van der Waals surface area contributed by atoms with E-state index in [1.807, 2.05) is 102 Å². The molecule has 7 N–H and O–H groups in total. The Morgan fingerprint density at radius 3 is 0.836 bits per heavy atom. The lowest BCUT2D eigenvalue weighted by Crippen LogP contribution is -2.39. The Bertz CT molecular complexity index is 7060. The number of H-pyrrole nitrogens is 4. The van der Waals surface area contributed by atoms with Crippen LogP contribution in [0.3, 0.4) is 0 Å². The molecule has 23 rings (SSSR count). The van der Waals surface area contributed by atoms with E-state index in [0.29, 0.717) is 99.8 Å². The summed E-state index contributed by atoms with van der Waals surface area (Å²) < 4.78 is 55.5. The first kappa shape index (κ1) is 88.8. The number of halogens is 4. The second-order valence-electron chi connectivity index (χ2n) is 39.0. The second-order valence-corrected chi connectivity index (χ2v) is 39.0. The van der Waals surface area contributed by atoms with E-state index in [1.165, 1.54) is 52.9 Å². The van der Waals surface area contributed by atoms with Gasteiger partial charge in [-0.3, -0.25) is 39.1 Å². The summed E-state index contributed by atoms with van der Waals surface area (Å²) in [5.74, 6) is 8.26. The van der Waals surface area contributed by atoms with E-state index in [9.17, 15) is 36.7 Å². The fourth-order valence-corrected chi connectivity index (χ4v) is 22.0. The van der Waals surface area contributed by atoms with Crippen LogP contribution in [0.15, 0.2) is 195 Å². The van der Waals surface area contributed by atoms with E-state index in [-0.39, 0.29) is 46.9 Å². The van der Waals surface area contributed by atoms with Crippen molar-refractivity contribution in [2.24, 2.45) is 23.7 Å². The lowest BCUT2D eigenvalue weighted by Gasteiger charge is -2.32. The molecule has 7 fully saturated rings. The number of amides is 4. The molecule has 0 spiro atoms. The molecule has 8 aromatic carbocycles. The zero-order chi connectivity index (χ0) is 91.9. The van der Waals surface area contributed by atoms with Crippen LogP contribution in [0.4, 0.5) is 17.6 Å². The number of nitrogens with one attached hydrogen (secondary N) is 7. The van der Waals surface area contributed by atoms with Gasteiger partial charge in [0.25, 0.3) is 23.6 Å². The molecule has 0 unspecified atom stereocenters. The Labute approximate surface area is 775 Å². The highest BCUT2D eigenvalue weighted by atomic mass is 19.1. The van der Waals surface area contributed by atoms with Crippen LogP contribution in [0.5, 0.6) is 0 Å². The van der Waals surface area contributed by atoms with Crippen molar-refractivity contribution >= 4 is 111 Å². The number of pyridine rings is 4. The number of aromatic nitrogens is 12. The molecule has 1 aliphatic heterocycles. The number of rotatable bonds is 18. The molecule has 6 aliphatic carbocycles. The zero-order valence-electron chi connectivity index (χ0n) is 76.5. The van der Waals surface area contributed by atoms with E-state index >= 15 is 0 Å². The molecular weight excluding hydrogens is 1690 g/mol. The molecule has 20 nitrogen and oxygen atoms in total. The molecule has 8 aromatic heterocycles. The van der Waals surface area contributed by atoms with E-state index in [4.69, 9.17) is 19.9 Å². The summed E-state index contributed by atoms with van der Waals surface area (Å²) in [4.78, 5) is 102. The predicted octanol–water partition coefficient (Wildman–Crippen LogP) is 24.3. The SMILES string of the molecule is CNC(=O)c1ccc2nc([C@H](C)C3CCC(c4ccnc5ccc(F)cc45)CC3)[nH]c2c1.C[C@@H](c1nc2ccc(C(=O)N3CC3)cc2[nH]1)C1CCC(c2ccnc3ccc(F)cc23)CC1.C[C@@H](c1nc2ccc(C(=O)NC3CC3)cc2[nH]1)C1CCC(c2ccnc3ccc(F)cc23)CC1.C[C@@H](c1nc2ccc(C(=O)NC3CCC3)cc2[nH]1)C1CCC(c2ccnc3ccc(F)cc23)CC1. The smallest absolute Gasteiger partial charge is 0.254 e. The maximum absolute atomic E-state index is 13.9. The molecular formula is C110H114F4N16O4. The molecule has 686 valence electrons. The molecule has 6 saturated carbocycles. The number of carbonyl (C=O) groups is 4. The number of carbonyl (C=O) groups excluding carboxylic acids is 4. The van der Waals surface area contributed by atoms with Crippen molar-refractivity contribution in [2.75, 3.05) is 20.1 Å². The topological polar surface area (TPSA) is 274 Å². The minimum Gasteiger partial charge on any atom is -0.355 e. The van der Waals surface area contributed by atoms with E-state index in [2.05, 4.69) is 108 Å². The van der Waals surface area contributed by atoms with Crippen molar-refractivity contribution in [3.63, 3.8) is 0 Å². The van der Waals surface area contributed by atoms with Gasteiger partial charge in [0.1, 0.15) is 46.6 Å². The van der Waals surface area contributed by atoms with Crippen LogP contribution in [-0.4, -0.2) is 121 Å². The van der Waals surface area contributed by atoms with Crippen LogP contribution >= 0.6 is 0 Å². The molecule has 134 heavy (non-hydrogen) atoms. The van der Waals surface area contributed by atoms with Gasteiger partial charge in [-0.25, -0.2) is 37.5 Å². The Kier molecular flexibility index (Phi) is 25.5. The van der Waals surface area contributed by atoms with Gasteiger partial charge < -0.3 is 40.8 Å².